The Hall–Kier alpha value is -1.07. The zero-order valence-corrected chi connectivity index (χ0v) is 12.2. The van der Waals surface area contributed by atoms with Gasteiger partial charge in [0.25, 0.3) is 5.91 Å². The molecule has 0 aliphatic carbocycles. The second kappa shape index (κ2) is 8.11. The molecule has 1 rings (SSSR count). The average molecular weight is 316 g/mol. The Kier molecular flexibility index (Phi) is 6.75. The number of halogens is 1. The van der Waals surface area contributed by atoms with Crippen LogP contribution in [0.1, 0.15) is 23.7 Å². The van der Waals surface area contributed by atoms with Crippen LogP contribution in [0.5, 0.6) is 5.75 Å². The smallest absolute Gasteiger partial charge is 0.255 e. The zero-order valence-electron chi connectivity index (χ0n) is 10.7. The predicted molar refractivity (Wildman–Crippen MR) is 74.1 cm³/mol. The highest BCUT2D eigenvalue weighted by Gasteiger charge is 2.12. The highest BCUT2D eigenvalue weighted by atomic mass is 79.9. The highest BCUT2D eigenvalue weighted by Crippen LogP contribution is 2.23. The van der Waals surface area contributed by atoms with Crippen molar-refractivity contribution in [2.75, 3.05) is 26.9 Å². The second-order valence-corrected chi connectivity index (χ2v) is 4.59. The lowest BCUT2D eigenvalue weighted by Crippen LogP contribution is -2.25. The van der Waals surface area contributed by atoms with Gasteiger partial charge in [0, 0.05) is 24.7 Å². The number of rotatable bonds is 7. The summed E-state index contributed by atoms with van der Waals surface area (Å²) in [5, 5.41) is 2.84. The van der Waals surface area contributed by atoms with E-state index in [9.17, 15) is 4.79 Å². The van der Waals surface area contributed by atoms with E-state index in [-0.39, 0.29) is 5.91 Å². The second-order valence-electron chi connectivity index (χ2n) is 3.68. The largest absolute Gasteiger partial charge is 0.493 e. The molecule has 0 radical (unpaired) electrons. The third kappa shape index (κ3) is 4.66. The van der Waals surface area contributed by atoms with E-state index in [1.165, 1.54) is 0 Å². The summed E-state index contributed by atoms with van der Waals surface area (Å²) in [5.74, 6) is 0.473. The van der Waals surface area contributed by atoms with Crippen LogP contribution >= 0.6 is 15.9 Å². The van der Waals surface area contributed by atoms with Gasteiger partial charge in [0.1, 0.15) is 5.75 Å². The van der Waals surface area contributed by atoms with Gasteiger partial charge in [-0.1, -0.05) is 15.9 Å². The molecular weight excluding hydrogens is 298 g/mol. The molecule has 0 aromatic heterocycles. The van der Waals surface area contributed by atoms with E-state index in [0.29, 0.717) is 31.1 Å². The van der Waals surface area contributed by atoms with Crippen LogP contribution < -0.4 is 10.1 Å². The molecule has 0 saturated carbocycles. The minimum absolute atomic E-state index is 0.129. The van der Waals surface area contributed by atoms with Crippen molar-refractivity contribution in [3.8, 4) is 5.75 Å². The standard InChI is InChI=1S/C13H18BrNO3/c1-3-18-12-6-5-10(14)9-11(12)13(16)15-7-4-8-17-2/h5-6,9H,3-4,7-8H2,1-2H3,(H,15,16). The summed E-state index contributed by atoms with van der Waals surface area (Å²) in [4.78, 5) is 12.0. The van der Waals surface area contributed by atoms with Crippen LogP contribution in [0.3, 0.4) is 0 Å². The van der Waals surface area contributed by atoms with E-state index in [1.54, 1.807) is 19.2 Å². The summed E-state index contributed by atoms with van der Waals surface area (Å²) >= 11 is 3.35. The molecule has 0 saturated heterocycles. The Balaban J connectivity index is 2.67. The molecular formula is C13H18BrNO3. The molecule has 0 heterocycles. The van der Waals surface area contributed by atoms with E-state index < -0.39 is 0 Å². The lowest BCUT2D eigenvalue weighted by Gasteiger charge is -2.11. The van der Waals surface area contributed by atoms with Crippen molar-refractivity contribution in [2.24, 2.45) is 0 Å². The number of carbonyl (C=O) groups excluding carboxylic acids is 1. The number of benzene rings is 1. The first-order chi connectivity index (χ1) is 8.69. The van der Waals surface area contributed by atoms with Gasteiger partial charge in [-0.3, -0.25) is 4.79 Å². The van der Waals surface area contributed by atoms with Crippen molar-refractivity contribution in [2.45, 2.75) is 13.3 Å². The fourth-order valence-electron chi connectivity index (χ4n) is 1.47. The fourth-order valence-corrected chi connectivity index (χ4v) is 1.84. The SMILES string of the molecule is CCOc1ccc(Br)cc1C(=O)NCCCOC. The lowest BCUT2D eigenvalue weighted by atomic mass is 10.2. The van der Waals surface area contributed by atoms with Crippen LogP contribution in [-0.2, 0) is 4.74 Å². The van der Waals surface area contributed by atoms with E-state index in [1.807, 2.05) is 13.0 Å². The van der Waals surface area contributed by atoms with Gasteiger partial charge in [-0.2, -0.15) is 0 Å². The van der Waals surface area contributed by atoms with Gasteiger partial charge in [-0.25, -0.2) is 0 Å². The monoisotopic (exact) mass is 315 g/mol. The van der Waals surface area contributed by atoms with Gasteiger partial charge in [-0.05, 0) is 31.5 Å². The summed E-state index contributed by atoms with van der Waals surface area (Å²) < 4.78 is 11.2. The van der Waals surface area contributed by atoms with Gasteiger partial charge in [0.15, 0.2) is 0 Å². The van der Waals surface area contributed by atoms with Crippen molar-refractivity contribution in [1.82, 2.24) is 5.32 Å². The molecule has 0 bridgehead atoms. The quantitative estimate of drug-likeness (QED) is 0.787. The Bertz CT molecular complexity index is 396. The molecule has 1 aromatic rings. The zero-order chi connectivity index (χ0) is 13.4. The van der Waals surface area contributed by atoms with Crippen LogP contribution in [0.15, 0.2) is 22.7 Å². The van der Waals surface area contributed by atoms with Crippen molar-refractivity contribution in [3.63, 3.8) is 0 Å². The predicted octanol–water partition coefficient (Wildman–Crippen LogP) is 2.61. The van der Waals surface area contributed by atoms with E-state index in [0.717, 1.165) is 10.9 Å². The van der Waals surface area contributed by atoms with Gasteiger partial charge in [-0.15, -0.1) is 0 Å². The molecule has 0 unspecified atom stereocenters. The van der Waals surface area contributed by atoms with Crippen LogP contribution in [0.25, 0.3) is 0 Å². The van der Waals surface area contributed by atoms with Crippen LogP contribution in [0, 0.1) is 0 Å². The van der Waals surface area contributed by atoms with Gasteiger partial charge >= 0.3 is 0 Å². The third-order valence-electron chi connectivity index (χ3n) is 2.30. The van der Waals surface area contributed by atoms with Crippen LogP contribution in [-0.4, -0.2) is 32.8 Å². The normalized spacial score (nSPS) is 10.2. The van der Waals surface area contributed by atoms with E-state index in [2.05, 4.69) is 21.2 Å². The number of nitrogens with one attached hydrogen (secondary N) is 1. The number of ether oxygens (including phenoxy) is 2. The summed E-state index contributed by atoms with van der Waals surface area (Å²) in [6.45, 7) is 3.65. The Morgan fingerprint density at radius 3 is 2.89 bits per heavy atom. The molecule has 0 spiro atoms. The van der Waals surface area contributed by atoms with E-state index >= 15 is 0 Å². The molecule has 1 aromatic carbocycles. The number of hydrogen-bond donors (Lipinski definition) is 1. The Morgan fingerprint density at radius 2 is 2.22 bits per heavy atom. The first kappa shape index (κ1) is 15.0. The minimum Gasteiger partial charge on any atom is -0.493 e. The van der Waals surface area contributed by atoms with Gasteiger partial charge in [0.2, 0.25) is 0 Å². The molecule has 18 heavy (non-hydrogen) atoms. The molecule has 4 nitrogen and oxygen atoms in total. The summed E-state index contributed by atoms with van der Waals surface area (Å²) in [6.07, 6.45) is 0.792. The van der Waals surface area contributed by atoms with Crippen molar-refractivity contribution in [1.29, 1.82) is 0 Å². The molecule has 0 fully saturated rings. The molecule has 5 heteroatoms. The minimum atomic E-state index is -0.129. The number of carbonyl (C=O) groups is 1. The highest BCUT2D eigenvalue weighted by molar-refractivity contribution is 9.10. The maximum Gasteiger partial charge on any atom is 0.255 e. The first-order valence-electron chi connectivity index (χ1n) is 5.88. The van der Waals surface area contributed by atoms with Gasteiger partial charge in [0.05, 0.1) is 12.2 Å². The maximum absolute atomic E-state index is 12.0. The average Bonchev–Trinajstić information content (AvgIpc) is 2.37. The van der Waals surface area contributed by atoms with Crippen molar-refractivity contribution in [3.05, 3.63) is 28.2 Å². The summed E-state index contributed by atoms with van der Waals surface area (Å²) in [6, 6.07) is 5.40. The van der Waals surface area contributed by atoms with Crippen molar-refractivity contribution < 1.29 is 14.3 Å². The number of amides is 1. The van der Waals surface area contributed by atoms with E-state index in [4.69, 9.17) is 9.47 Å². The molecule has 0 atom stereocenters. The molecule has 0 aliphatic heterocycles. The molecule has 0 aliphatic rings. The topological polar surface area (TPSA) is 47.6 Å². The third-order valence-corrected chi connectivity index (χ3v) is 2.79. The number of methoxy groups -OCH3 is 1. The Labute approximate surface area is 116 Å². The van der Waals surface area contributed by atoms with Crippen LogP contribution in [0.2, 0.25) is 0 Å². The first-order valence-corrected chi connectivity index (χ1v) is 6.67. The summed E-state index contributed by atoms with van der Waals surface area (Å²) in [5.41, 5.74) is 0.545. The summed E-state index contributed by atoms with van der Waals surface area (Å²) in [7, 11) is 1.64. The molecule has 1 amide bonds. The maximum atomic E-state index is 12.0. The van der Waals surface area contributed by atoms with Crippen molar-refractivity contribution >= 4 is 21.8 Å². The van der Waals surface area contributed by atoms with Gasteiger partial charge < -0.3 is 14.8 Å². The van der Waals surface area contributed by atoms with Crippen LogP contribution in [0.4, 0.5) is 0 Å². The molecule has 100 valence electrons. The number of hydrogen-bond acceptors (Lipinski definition) is 3. The molecule has 1 N–H and O–H groups in total. The lowest BCUT2D eigenvalue weighted by molar-refractivity contribution is 0.0945. The Morgan fingerprint density at radius 1 is 1.44 bits per heavy atom. The fraction of sp³-hybridized carbons (Fsp3) is 0.462.